The molecule has 7 rings (SSSR count). The van der Waals surface area contributed by atoms with Crippen molar-refractivity contribution in [2.45, 2.75) is 170 Å². The maximum atomic E-state index is 10.3. The lowest BCUT2D eigenvalue weighted by Gasteiger charge is -2.46. The third-order valence-corrected chi connectivity index (χ3v) is 19.7. The van der Waals surface area contributed by atoms with Gasteiger partial charge in [0.15, 0.2) is 0 Å². The van der Waals surface area contributed by atoms with Crippen LogP contribution in [0.3, 0.4) is 0 Å². The van der Waals surface area contributed by atoms with E-state index in [2.05, 4.69) is 177 Å². The molecule has 67 heavy (non-hydrogen) atoms. The van der Waals surface area contributed by atoms with E-state index in [9.17, 15) is 15.3 Å². The maximum absolute atomic E-state index is 10.3. The molecule has 362 valence electrons. The minimum Gasteiger partial charge on any atom is -0.393 e. The zero-order valence-corrected chi connectivity index (χ0v) is 47.2. The second-order valence-electron chi connectivity index (χ2n) is 23.9. The quantitative estimate of drug-likeness (QED) is 0.126. The van der Waals surface area contributed by atoms with Crippen LogP contribution in [0.2, 0.25) is 58.9 Å². The number of allylic oxidation sites excluding steroid dienone is 5. The van der Waals surface area contributed by atoms with Crippen LogP contribution in [0.25, 0.3) is 11.1 Å². The number of aliphatic hydroxyl groups is 3. The van der Waals surface area contributed by atoms with Crippen LogP contribution in [0.1, 0.15) is 109 Å². The molecule has 0 amide bonds. The summed E-state index contributed by atoms with van der Waals surface area (Å²) in [5.74, 6) is 10.6. The number of hydrogen-bond donors (Lipinski definition) is 3. The summed E-state index contributed by atoms with van der Waals surface area (Å²) in [5, 5.41) is 33.2. The van der Waals surface area contributed by atoms with Crippen molar-refractivity contribution >= 4 is 35.4 Å². The molecule has 4 aliphatic rings. The van der Waals surface area contributed by atoms with E-state index < -0.39 is 24.2 Å². The summed E-state index contributed by atoms with van der Waals surface area (Å²) < 4.78 is 0. The predicted molar refractivity (Wildman–Crippen MR) is 299 cm³/mol. The molecule has 0 bridgehead atoms. The Balaban J connectivity index is 0.000000205. The normalized spacial score (nSPS) is 26.0. The Morgan fingerprint density at radius 2 is 1.21 bits per heavy atom. The van der Waals surface area contributed by atoms with Crippen molar-refractivity contribution in [2.75, 3.05) is 0 Å². The van der Waals surface area contributed by atoms with Gasteiger partial charge in [-0.3, -0.25) is 0 Å². The van der Waals surface area contributed by atoms with Crippen LogP contribution < -0.4 is 0 Å². The average molecular weight is 954 g/mol. The minimum atomic E-state index is -1.44. The first-order valence-electron chi connectivity index (χ1n) is 25.2. The Bertz CT molecular complexity index is 2300. The second kappa shape index (κ2) is 23.7. The van der Waals surface area contributed by atoms with Crippen LogP contribution in [0.15, 0.2) is 126 Å². The van der Waals surface area contributed by atoms with Gasteiger partial charge in [0, 0.05) is 18.4 Å². The van der Waals surface area contributed by atoms with Crippen molar-refractivity contribution in [1.29, 1.82) is 0 Å². The van der Waals surface area contributed by atoms with Gasteiger partial charge in [-0.05, 0) is 120 Å². The van der Waals surface area contributed by atoms with Crippen LogP contribution in [0.5, 0.6) is 0 Å². The van der Waals surface area contributed by atoms with E-state index >= 15 is 0 Å². The zero-order chi connectivity index (χ0) is 50.0. The first-order chi connectivity index (χ1) is 31.2. The van der Waals surface area contributed by atoms with E-state index in [-0.39, 0.29) is 23.7 Å². The standard InChI is InChI=1S/C20H30OSi.C20H28OSi.C11H14Si.C10H16O/c2*1-14-17-11-16(21)12-20(17,2)13-18(22(3,4)5)19(14)15-9-7-6-8-10-15;1-12(2,3)10-9-11-7-5-4-6-8-11;1-4-5-6-7-10(11)8-9(2)3/h6-10,14,16-17,21H,11-13H2,1-5H3;6-10,16-17,21H,1,11-13H2,2-5H3;4-8H,1-3H3;10-11H,2,4,7-8H2,1,3H3/t14?,16-,17?,20+;16-,17+,20+;;10-/m11.1/s1. The lowest BCUT2D eigenvalue weighted by Crippen LogP contribution is -2.39. The summed E-state index contributed by atoms with van der Waals surface area (Å²) >= 11 is 0. The molecule has 0 aliphatic heterocycles. The third kappa shape index (κ3) is 15.9. The van der Waals surface area contributed by atoms with Gasteiger partial charge in [-0.1, -0.05) is 194 Å². The Hall–Kier alpha value is -3.73. The number of hydrogen-bond acceptors (Lipinski definition) is 3. The molecule has 2 fully saturated rings. The molecule has 0 spiro atoms. The van der Waals surface area contributed by atoms with Crippen LogP contribution in [-0.4, -0.2) is 57.9 Å². The van der Waals surface area contributed by atoms with E-state index in [0.29, 0.717) is 36.0 Å². The molecular formula is C61H88O3Si3. The van der Waals surface area contributed by atoms with Gasteiger partial charge in [0.1, 0.15) is 8.07 Å². The van der Waals surface area contributed by atoms with Gasteiger partial charge in [-0.15, -0.1) is 24.0 Å². The van der Waals surface area contributed by atoms with E-state index in [0.717, 1.165) is 49.7 Å². The number of benzene rings is 3. The molecule has 8 atom stereocenters. The molecule has 6 heteroatoms. The van der Waals surface area contributed by atoms with Crippen molar-refractivity contribution in [3.8, 4) is 23.3 Å². The highest BCUT2D eigenvalue weighted by Gasteiger charge is 2.52. The summed E-state index contributed by atoms with van der Waals surface area (Å²) in [6, 6.07) is 31.9. The summed E-state index contributed by atoms with van der Waals surface area (Å²) in [4.78, 5) is 0. The summed E-state index contributed by atoms with van der Waals surface area (Å²) in [6.45, 7) is 40.8. The molecule has 3 aromatic carbocycles. The van der Waals surface area contributed by atoms with Crippen molar-refractivity contribution in [3.63, 3.8) is 0 Å². The van der Waals surface area contributed by atoms with Crippen LogP contribution in [0, 0.1) is 51.9 Å². The molecular weight excluding hydrogens is 865 g/mol. The SMILES string of the molecule is C=C(C)C[C@H](O)CC#CCC.C=C1C(c2ccccc2)=C([Si](C)(C)C)C[C@]2(C)C[C@H](O)C[C@@H]12.CC1C(c2ccccc2)=C([Si](C)(C)C)C[C@]2(C)C[C@H](O)CC12.C[Si](C)(C)C#Cc1ccccc1. The molecule has 0 aromatic heterocycles. The minimum absolute atomic E-state index is 0.101. The van der Waals surface area contributed by atoms with E-state index in [1.807, 2.05) is 44.2 Å². The summed E-state index contributed by atoms with van der Waals surface area (Å²) in [6.07, 6.45) is 7.60. The second-order valence-corrected chi connectivity index (χ2v) is 38.8. The Morgan fingerprint density at radius 1 is 0.716 bits per heavy atom. The van der Waals surface area contributed by atoms with E-state index in [1.54, 1.807) is 16.0 Å². The average Bonchev–Trinajstić information content (AvgIpc) is 3.74. The monoisotopic (exact) mass is 953 g/mol. The smallest absolute Gasteiger partial charge is 0.129 e. The number of aliphatic hydroxyl groups excluding tert-OH is 3. The first-order valence-corrected chi connectivity index (χ1v) is 35.7. The third-order valence-electron chi connectivity index (χ3n) is 14.3. The molecule has 4 aliphatic carbocycles. The molecule has 2 unspecified atom stereocenters. The van der Waals surface area contributed by atoms with Crippen molar-refractivity contribution in [2.24, 2.45) is 28.6 Å². The lowest BCUT2D eigenvalue weighted by atomic mass is 9.64. The molecule has 3 nitrogen and oxygen atoms in total. The highest BCUT2D eigenvalue weighted by Crippen LogP contribution is 2.60. The zero-order valence-electron chi connectivity index (χ0n) is 44.2. The topological polar surface area (TPSA) is 60.7 Å². The van der Waals surface area contributed by atoms with Gasteiger partial charge in [0.2, 0.25) is 0 Å². The van der Waals surface area contributed by atoms with Gasteiger partial charge >= 0.3 is 0 Å². The molecule has 0 heterocycles. The molecule has 2 saturated carbocycles. The van der Waals surface area contributed by atoms with Gasteiger partial charge in [0.25, 0.3) is 0 Å². The van der Waals surface area contributed by atoms with E-state index in [4.69, 9.17) is 0 Å². The number of rotatable bonds is 7. The van der Waals surface area contributed by atoms with Crippen LogP contribution >= 0.6 is 0 Å². The first kappa shape index (κ1) is 55.9. The highest BCUT2D eigenvalue weighted by molar-refractivity contribution is 6.85. The van der Waals surface area contributed by atoms with Crippen LogP contribution in [0.4, 0.5) is 0 Å². The maximum Gasteiger partial charge on any atom is 0.129 e. The van der Waals surface area contributed by atoms with Gasteiger partial charge < -0.3 is 15.3 Å². The van der Waals surface area contributed by atoms with Crippen molar-refractivity contribution < 1.29 is 15.3 Å². The van der Waals surface area contributed by atoms with E-state index in [1.165, 1.54) is 28.7 Å². The molecule has 3 aromatic rings. The fraction of sp³-hybridized carbons (Fsp3) is 0.508. The Labute approximate surface area is 412 Å². The molecule has 3 N–H and O–H groups in total. The highest BCUT2D eigenvalue weighted by atomic mass is 28.3. The lowest BCUT2D eigenvalue weighted by molar-refractivity contribution is 0.159. The van der Waals surface area contributed by atoms with Crippen LogP contribution in [-0.2, 0) is 0 Å². The predicted octanol–water partition coefficient (Wildman–Crippen LogP) is 15.2. The molecule has 0 saturated heterocycles. The molecule has 0 radical (unpaired) electrons. The largest absolute Gasteiger partial charge is 0.393 e. The fourth-order valence-electron chi connectivity index (χ4n) is 11.2. The Morgan fingerprint density at radius 3 is 1.72 bits per heavy atom. The van der Waals surface area contributed by atoms with Crippen molar-refractivity contribution in [1.82, 2.24) is 0 Å². The number of fused-ring (bicyclic) bond motifs is 2. The summed E-state index contributed by atoms with van der Waals surface area (Å²) in [7, 11) is -4.01. The van der Waals surface area contributed by atoms with Gasteiger partial charge in [-0.2, -0.15) is 0 Å². The van der Waals surface area contributed by atoms with Gasteiger partial charge in [0.05, 0.1) is 34.5 Å². The Kier molecular flexibility index (Phi) is 19.8. The van der Waals surface area contributed by atoms with Gasteiger partial charge in [-0.25, -0.2) is 0 Å². The summed E-state index contributed by atoms with van der Waals surface area (Å²) in [5.41, 5.74) is 13.0. The van der Waals surface area contributed by atoms with Crippen molar-refractivity contribution in [3.05, 3.63) is 142 Å². The fourth-order valence-corrected chi connectivity index (χ4v) is 15.8.